The van der Waals surface area contributed by atoms with Crippen LogP contribution in [0.2, 0.25) is 0 Å². The number of carboxylic acid groups (broad SMARTS) is 1. The molecule has 0 saturated heterocycles. The molecule has 118 valence electrons. The molecule has 2 aliphatic carbocycles. The molecule has 7 heteroatoms. The highest BCUT2D eigenvalue weighted by Crippen LogP contribution is 2.24. The van der Waals surface area contributed by atoms with Gasteiger partial charge in [0.2, 0.25) is 5.91 Å². The maximum absolute atomic E-state index is 11.9. The maximum Gasteiger partial charge on any atom is 0.315 e. The highest BCUT2D eigenvalue weighted by molar-refractivity contribution is 5.87. The number of carbonyl (C=O) groups is 3. The molecule has 0 bridgehead atoms. The zero-order chi connectivity index (χ0) is 15.4. The fourth-order valence-electron chi connectivity index (χ4n) is 2.59. The summed E-state index contributed by atoms with van der Waals surface area (Å²) in [6, 6.07) is -0.882. The van der Waals surface area contributed by atoms with Crippen LogP contribution in [0.25, 0.3) is 0 Å². The summed E-state index contributed by atoms with van der Waals surface area (Å²) in [6.07, 6.45) is 4.69. The molecule has 2 saturated carbocycles. The standard InChI is InChI=1S/C14H23N3O4/c1-8(12(18)16-10-5-6-10)15-14(21)17-11-4-2-3-9(7-11)13(19)20/h8-11H,2-7H2,1H3,(H,16,18)(H,19,20)(H2,15,17,21). The first-order valence-corrected chi connectivity index (χ1v) is 7.56. The minimum atomic E-state index is -0.806. The molecule has 0 aliphatic heterocycles. The second kappa shape index (κ2) is 6.78. The van der Waals surface area contributed by atoms with Crippen LogP contribution in [-0.2, 0) is 9.59 Å². The number of carboxylic acids is 1. The van der Waals surface area contributed by atoms with Crippen molar-refractivity contribution in [2.24, 2.45) is 5.92 Å². The van der Waals surface area contributed by atoms with Crippen LogP contribution < -0.4 is 16.0 Å². The van der Waals surface area contributed by atoms with E-state index >= 15 is 0 Å². The summed E-state index contributed by atoms with van der Waals surface area (Å²) in [5.41, 5.74) is 0. The van der Waals surface area contributed by atoms with E-state index < -0.39 is 18.0 Å². The predicted octanol–water partition coefficient (Wildman–Crippen LogP) is 0.596. The molecule has 0 aromatic rings. The van der Waals surface area contributed by atoms with Crippen molar-refractivity contribution >= 4 is 17.9 Å². The Morgan fingerprint density at radius 2 is 1.76 bits per heavy atom. The molecule has 0 aromatic heterocycles. The van der Waals surface area contributed by atoms with Gasteiger partial charge in [0.25, 0.3) is 0 Å². The van der Waals surface area contributed by atoms with Gasteiger partial charge in [0, 0.05) is 12.1 Å². The third-order valence-electron chi connectivity index (χ3n) is 4.02. The first kappa shape index (κ1) is 15.6. The smallest absolute Gasteiger partial charge is 0.315 e. The van der Waals surface area contributed by atoms with E-state index in [1.165, 1.54) is 0 Å². The van der Waals surface area contributed by atoms with Crippen molar-refractivity contribution in [3.63, 3.8) is 0 Å². The van der Waals surface area contributed by atoms with Crippen LogP contribution >= 0.6 is 0 Å². The van der Waals surface area contributed by atoms with E-state index in [-0.39, 0.29) is 23.9 Å². The Morgan fingerprint density at radius 1 is 1.05 bits per heavy atom. The quantitative estimate of drug-likeness (QED) is 0.596. The molecular weight excluding hydrogens is 274 g/mol. The number of nitrogens with one attached hydrogen (secondary N) is 3. The van der Waals surface area contributed by atoms with E-state index in [1.54, 1.807) is 6.92 Å². The summed E-state index contributed by atoms with van der Waals surface area (Å²) < 4.78 is 0. The van der Waals surface area contributed by atoms with Crippen molar-refractivity contribution in [1.82, 2.24) is 16.0 Å². The fraction of sp³-hybridized carbons (Fsp3) is 0.786. The fourth-order valence-corrected chi connectivity index (χ4v) is 2.59. The number of hydrogen-bond acceptors (Lipinski definition) is 3. The molecule has 2 aliphatic rings. The van der Waals surface area contributed by atoms with Crippen molar-refractivity contribution in [2.45, 2.75) is 63.6 Å². The summed E-state index contributed by atoms with van der Waals surface area (Å²) in [5, 5.41) is 17.2. The second-order valence-corrected chi connectivity index (χ2v) is 6.02. The van der Waals surface area contributed by atoms with Crippen molar-refractivity contribution in [3.05, 3.63) is 0 Å². The lowest BCUT2D eigenvalue weighted by Crippen LogP contribution is -2.51. The minimum Gasteiger partial charge on any atom is -0.481 e. The van der Waals surface area contributed by atoms with Crippen LogP contribution in [0.5, 0.6) is 0 Å². The number of aliphatic carboxylic acids is 1. The number of carbonyl (C=O) groups excluding carboxylic acids is 2. The first-order chi connectivity index (χ1) is 9.95. The Balaban J connectivity index is 1.72. The van der Waals surface area contributed by atoms with Crippen LogP contribution in [0, 0.1) is 5.92 Å². The predicted molar refractivity (Wildman–Crippen MR) is 75.7 cm³/mol. The Hall–Kier alpha value is -1.79. The first-order valence-electron chi connectivity index (χ1n) is 7.56. The molecule has 2 fully saturated rings. The number of hydrogen-bond donors (Lipinski definition) is 4. The van der Waals surface area contributed by atoms with E-state index in [1.807, 2.05) is 0 Å². The van der Waals surface area contributed by atoms with E-state index in [0.29, 0.717) is 12.8 Å². The summed E-state index contributed by atoms with van der Waals surface area (Å²) in [5.74, 6) is -1.38. The molecule has 21 heavy (non-hydrogen) atoms. The van der Waals surface area contributed by atoms with Crippen molar-refractivity contribution < 1.29 is 19.5 Å². The number of rotatable bonds is 5. The van der Waals surface area contributed by atoms with E-state index in [2.05, 4.69) is 16.0 Å². The van der Waals surface area contributed by atoms with Gasteiger partial charge < -0.3 is 21.1 Å². The van der Waals surface area contributed by atoms with Gasteiger partial charge in [-0.1, -0.05) is 6.42 Å². The maximum atomic E-state index is 11.9. The van der Waals surface area contributed by atoms with Gasteiger partial charge in [0.15, 0.2) is 0 Å². The molecule has 0 radical (unpaired) electrons. The Bertz CT molecular complexity index is 422. The summed E-state index contributed by atoms with van der Waals surface area (Å²) in [6.45, 7) is 1.64. The molecule has 4 N–H and O–H groups in total. The van der Waals surface area contributed by atoms with Gasteiger partial charge in [0.05, 0.1) is 5.92 Å². The Morgan fingerprint density at radius 3 is 2.38 bits per heavy atom. The van der Waals surface area contributed by atoms with Gasteiger partial charge in [-0.3, -0.25) is 9.59 Å². The van der Waals surface area contributed by atoms with Gasteiger partial charge in [-0.05, 0) is 39.0 Å². The van der Waals surface area contributed by atoms with Gasteiger partial charge in [0.1, 0.15) is 6.04 Å². The van der Waals surface area contributed by atoms with E-state index in [4.69, 9.17) is 5.11 Å². The lowest BCUT2D eigenvalue weighted by Gasteiger charge is -2.27. The monoisotopic (exact) mass is 297 g/mol. The second-order valence-electron chi connectivity index (χ2n) is 6.02. The van der Waals surface area contributed by atoms with Crippen LogP contribution in [0.1, 0.15) is 45.4 Å². The van der Waals surface area contributed by atoms with Crippen LogP contribution in [0.4, 0.5) is 4.79 Å². The lowest BCUT2D eigenvalue weighted by molar-refractivity contribution is -0.143. The largest absolute Gasteiger partial charge is 0.481 e. The zero-order valence-electron chi connectivity index (χ0n) is 12.2. The van der Waals surface area contributed by atoms with Crippen LogP contribution in [0.15, 0.2) is 0 Å². The van der Waals surface area contributed by atoms with Crippen molar-refractivity contribution in [1.29, 1.82) is 0 Å². The van der Waals surface area contributed by atoms with E-state index in [9.17, 15) is 14.4 Å². The molecule has 3 amide bonds. The minimum absolute atomic E-state index is 0.140. The zero-order valence-corrected chi connectivity index (χ0v) is 12.2. The van der Waals surface area contributed by atoms with Crippen molar-refractivity contribution in [2.75, 3.05) is 0 Å². The SMILES string of the molecule is CC(NC(=O)NC1CCCC(C(=O)O)C1)C(=O)NC1CC1. The summed E-state index contributed by atoms with van der Waals surface area (Å²) in [4.78, 5) is 34.6. The Labute approximate surface area is 123 Å². The molecular formula is C14H23N3O4. The third kappa shape index (κ3) is 4.91. The van der Waals surface area contributed by atoms with Gasteiger partial charge in [-0.2, -0.15) is 0 Å². The molecule has 3 atom stereocenters. The van der Waals surface area contributed by atoms with Crippen LogP contribution in [-0.4, -0.2) is 41.1 Å². The molecule has 3 unspecified atom stereocenters. The van der Waals surface area contributed by atoms with Gasteiger partial charge >= 0.3 is 12.0 Å². The topological polar surface area (TPSA) is 108 Å². The third-order valence-corrected chi connectivity index (χ3v) is 4.02. The summed E-state index contributed by atoms with van der Waals surface area (Å²) in [7, 11) is 0. The molecule has 7 nitrogen and oxygen atoms in total. The highest BCUT2D eigenvalue weighted by atomic mass is 16.4. The summed E-state index contributed by atoms with van der Waals surface area (Å²) >= 11 is 0. The Kier molecular flexibility index (Phi) is 5.03. The number of urea groups is 1. The molecule has 0 spiro atoms. The molecule has 0 heterocycles. The average molecular weight is 297 g/mol. The molecule has 2 rings (SSSR count). The van der Waals surface area contributed by atoms with Gasteiger partial charge in [-0.15, -0.1) is 0 Å². The van der Waals surface area contributed by atoms with Gasteiger partial charge in [-0.25, -0.2) is 4.79 Å². The molecule has 0 aromatic carbocycles. The van der Waals surface area contributed by atoms with Crippen molar-refractivity contribution in [3.8, 4) is 0 Å². The highest BCUT2D eigenvalue weighted by Gasteiger charge is 2.29. The lowest BCUT2D eigenvalue weighted by atomic mass is 9.86. The normalized spacial score (nSPS) is 26.5. The van der Waals surface area contributed by atoms with E-state index in [0.717, 1.165) is 25.7 Å². The average Bonchev–Trinajstić information content (AvgIpc) is 3.22. The van der Waals surface area contributed by atoms with Crippen LogP contribution in [0.3, 0.4) is 0 Å². The number of amides is 3.